The highest BCUT2D eigenvalue weighted by Gasteiger charge is 2.13. The zero-order valence-electron chi connectivity index (χ0n) is 15.0. The van der Waals surface area contributed by atoms with Crippen molar-refractivity contribution in [1.82, 2.24) is 24.9 Å². The molecular formula is C21H14BrFN6. The van der Waals surface area contributed by atoms with Crippen molar-refractivity contribution < 1.29 is 4.39 Å². The van der Waals surface area contributed by atoms with Crippen LogP contribution in [-0.4, -0.2) is 24.9 Å². The van der Waals surface area contributed by atoms with Crippen molar-refractivity contribution in [2.45, 2.75) is 6.54 Å². The van der Waals surface area contributed by atoms with Crippen LogP contribution in [0.5, 0.6) is 0 Å². The van der Waals surface area contributed by atoms with Gasteiger partial charge in [-0.05, 0) is 45.8 Å². The molecule has 0 saturated heterocycles. The molecular weight excluding hydrogens is 435 g/mol. The van der Waals surface area contributed by atoms with Crippen LogP contribution in [0, 0.1) is 5.82 Å². The molecule has 0 fully saturated rings. The van der Waals surface area contributed by atoms with Crippen LogP contribution in [-0.2, 0) is 6.54 Å². The summed E-state index contributed by atoms with van der Waals surface area (Å²) in [5.74, 6) is 0.320. The third kappa shape index (κ3) is 3.31. The predicted molar refractivity (Wildman–Crippen MR) is 114 cm³/mol. The van der Waals surface area contributed by atoms with E-state index in [-0.39, 0.29) is 5.82 Å². The fourth-order valence-corrected chi connectivity index (χ4v) is 3.77. The Hall–Kier alpha value is -3.39. The minimum atomic E-state index is -0.301. The third-order valence-corrected chi connectivity index (χ3v) is 5.28. The zero-order chi connectivity index (χ0) is 19.8. The quantitative estimate of drug-likeness (QED) is 0.400. The number of H-pyrrole nitrogens is 1. The molecule has 0 bridgehead atoms. The van der Waals surface area contributed by atoms with Gasteiger partial charge in [0, 0.05) is 22.0 Å². The molecule has 0 saturated carbocycles. The van der Waals surface area contributed by atoms with Gasteiger partial charge in [-0.3, -0.25) is 0 Å². The highest BCUT2D eigenvalue weighted by atomic mass is 79.9. The number of hydrogen-bond donors (Lipinski definition) is 2. The second-order valence-electron chi connectivity index (χ2n) is 6.49. The number of benzene rings is 2. The summed E-state index contributed by atoms with van der Waals surface area (Å²) < 4.78 is 14.8. The fraction of sp³-hybridized carbons (Fsp3) is 0.0476. The Morgan fingerprint density at radius 3 is 2.79 bits per heavy atom. The van der Waals surface area contributed by atoms with E-state index in [9.17, 15) is 4.39 Å². The van der Waals surface area contributed by atoms with Gasteiger partial charge in [-0.15, -0.1) is 0 Å². The van der Waals surface area contributed by atoms with Crippen LogP contribution >= 0.6 is 15.9 Å². The molecule has 8 heteroatoms. The molecule has 29 heavy (non-hydrogen) atoms. The molecule has 0 aliphatic rings. The largest absolute Gasteiger partial charge is 0.364 e. The number of imidazole rings is 1. The minimum Gasteiger partial charge on any atom is -0.364 e. The van der Waals surface area contributed by atoms with E-state index in [1.807, 2.05) is 24.3 Å². The first-order valence-corrected chi connectivity index (χ1v) is 9.70. The number of rotatable bonds is 4. The van der Waals surface area contributed by atoms with E-state index in [4.69, 9.17) is 4.98 Å². The Labute approximate surface area is 173 Å². The van der Waals surface area contributed by atoms with Gasteiger partial charge in [0.15, 0.2) is 11.5 Å². The number of fused-ring (bicyclic) bond motifs is 2. The van der Waals surface area contributed by atoms with Crippen LogP contribution in [0.2, 0.25) is 0 Å². The summed E-state index contributed by atoms with van der Waals surface area (Å²) in [6.07, 6.45) is 3.06. The Morgan fingerprint density at radius 2 is 1.90 bits per heavy atom. The summed E-state index contributed by atoms with van der Waals surface area (Å²) in [4.78, 5) is 20.5. The van der Waals surface area contributed by atoms with E-state index in [0.29, 0.717) is 34.8 Å². The number of para-hydroxylation sites is 1. The molecule has 6 nitrogen and oxygen atoms in total. The van der Waals surface area contributed by atoms with Gasteiger partial charge in [0.2, 0.25) is 0 Å². The number of aromatic amines is 1. The van der Waals surface area contributed by atoms with Gasteiger partial charge in [-0.25, -0.2) is 24.3 Å². The van der Waals surface area contributed by atoms with Crippen molar-refractivity contribution in [1.29, 1.82) is 0 Å². The first-order valence-electron chi connectivity index (χ1n) is 8.91. The van der Waals surface area contributed by atoms with Gasteiger partial charge in [-0.2, -0.15) is 0 Å². The van der Waals surface area contributed by atoms with Crippen LogP contribution in [0.25, 0.3) is 33.3 Å². The maximum absolute atomic E-state index is 13.9. The van der Waals surface area contributed by atoms with Crippen molar-refractivity contribution in [2.24, 2.45) is 0 Å². The van der Waals surface area contributed by atoms with E-state index in [1.165, 1.54) is 18.5 Å². The normalized spacial score (nSPS) is 11.2. The smallest absolute Gasteiger partial charge is 0.162 e. The van der Waals surface area contributed by atoms with Crippen LogP contribution in [0.3, 0.4) is 0 Å². The summed E-state index contributed by atoms with van der Waals surface area (Å²) in [6, 6.07) is 14.4. The number of nitrogens with one attached hydrogen (secondary N) is 2. The Kier molecular flexibility index (Phi) is 4.40. The second-order valence-corrected chi connectivity index (χ2v) is 7.35. The SMILES string of the molecule is Fc1cccc(-c2nc3c(Br)cccc3cc2CNc2ncnc3[nH]cnc23)c1. The standard InChI is InChI=1S/C21H14BrFN6/c22-16-6-2-4-12-7-14(9-24-20-19-21(26-10-25-19)28-11-27-20)17(29-18(12)16)13-3-1-5-15(23)8-13/h1-8,10-11H,9H2,(H2,24,25,26,27,28). The number of pyridine rings is 1. The van der Waals surface area contributed by atoms with E-state index < -0.39 is 0 Å². The second kappa shape index (κ2) is 7.21. The Bertz CT molecular complexity index is 1350. The van der Waals surface area contributed by atoms with E-state index in [0.717, 1.165) is 20.9 Å². The summed E-state index contributed by atoms with van der Waals surface area (Å²) in [6.45, 7) is 0.445. The van der Waals surface area contributed by atoms with Gasteiger partial charge >= 0.3 is 0 Å². The lowest BCUT2D eigenvalue weighted by atomic mass is 10.0. The van der Waals surface area contributed by atoms with Crippen molar-refractivity contribution in [3.63, 3.8) is 0 Å². The molecule has 0 radical (unpaired) electrons. The van der Waals surface area contributed by atoms with E-state index in [1.54, 1.807) is 12.4 Å². The number of nitrogens with zero attached hydrogens (tertiary/aromatic N) is 4. The van der Waals surface area contributed by atoms with Crippen molar-refractivity contribution >= 4 is 43.8 Å². The van der Waals surface area contributed by atoms with Gasteiger partial charge in [0.1, 0.15) is 17.7 Å². The topological polar surface area (TPSA) is 79.4 Å². The first kappa shape index (κ1) is 17.7. The van der Waals surface area contributed by atoms with Gasteiger partial charge in [0.25, 0.3) is 0 Å². The number of aromatic nitrogens is 5. The van der Waals surface area contributed by atoms with Crippen LogP contribution in [0.1, 0.15) is 5.56 Å². The van der Waals surface area contributed by atoms with Crippen LogP contribution < -0.4 is 5.32 Å². The maximum atomic E-state index is 13.9. The van der Waals surface area contributed by atoms with Crippen LogP contribution in [0.15, 0.2) is 65.7 Å². The molecule has 0 aliphatic carbocycles. The first-order chi connectivity index (χ1) is 14.2. The fourth-order valence-electron chi connectivity index (χ4n) is 3.30. The highest BCUT2D eigenvalue weighted by molar-refractivity contribution is 9.10. The maximum Gasteiger partial charge on any atom is 0.162 e. The lowest BCUT2D eigenvalue weighted by molar-refractivity contribution is 0.628. The molecule has 5 rings (SSSR count). The number of hydrogen-bond acceptors (Lipinski definition) is 5. The molecule has 5 aromatic rings. The average molecular weight is 449 g/mol. The Balaban J connectivity index is 1.61. The molecule has 142 valence electrons. The lowest BCUT2D eigenvalue weighted by Crippen LogP contribution is -2.05. The molecule has 0 amide bonds. The van der Waals surface area contributed by atoms with Gasteiger partial charge in [-0.1, -0.05) is 24.3 Å². The predicted octanol–water partition coefficient (Wildman–Crippen LogP) is 5.08. The molecule has 0 unspecified atom stereocenters. The molecule has 2 aromatic carbocycles. The number of halogens is 2. The molecule has 0 spiro atoms. The highest BCUT2D eigenvalue weighted by Crippen LogP contribution is 2.30. The van der Waals surface area contributed by atoms with Gasteiger partial charge < -0.3 is 10.3 Å². The molecule has 3 heterocycles. The number of anilines is 1. The van der Waals surface area contributed by atoms with E-state index in [2.05, 4.69) is 47.2 Å². The van der Waals surface area contributed by atoms with Gasteiger partial charge in [0.05, 0.1) is 17.5 Å². The minimum absolute atomic E-state index is 0.301. The molecule has 3 aromatic heterocycles. The van der Waals surface area contributed by atoms with E-state index >= 15 is 0 Å². The Morgan fingerprint density at radius 1 is 1.00 bits per heavy atom. The van der Waals surface area contributed by atoms with Crippen LogP contribution in [0.4, 0.5) is 10.2 Å². The summed E-state index contributed by atoms with van der Waals surface area (Å²) in [7, 11) is 0. The average Bonchev–Trinajstić information content (AvgIpc) is 3.21. The molecule has 2 N–H and O–H groups in total. The summed E-state index contributed by atoms with van der Waals surface area (Å²) >= 11 is 3.56. The van der Waals surface area contributed by atoms with Crippen molar-refractivity contribution in [3.8, 4) is 11.3 Å². The third-order valence-electron chi connectivity index (χ3n) is 4.64. The van der Waals surface area contributed by atoms with Crippen molar-refractivity contribution in [2.75, 3.05) is 5.32 Å². The lowest BCUT2D eigenvalue weighted by Gasteiger charge is -2.13. The monoisotopic (exact) mass is 448 g/mol. The molecule has 0 atom stereocenters. The zero-order valence-corrected chi connectivity index (χ0v) is 16.6. The summed E-state index contributed by atoms with van der Waals surface area (Å²) in [5, 5.41) is 4.30. The summed E-state index contributed by atoms with van der Waals surface area (Å²) in [5.41, 5.74) is 4.50. The van der Waals surface area contributed by atoms with Crippen molar-refractivity contribution in [3.05, 3.63) is 77.0 Å². The molecule has 0 aliphatic heterocycles.